The summed E-state index contributed by atoms with van der Waals surface area (Å²) in [6.45, 7) is 2.32. The zero-order chi connectivity index (χ0) is 12.9. The van der Waals surface area contributed by atoms with Crippen LogP contribution in [0.5, 0.6) is 5.75 Å². The Bertz CT molecular complexity index is 475. The second-order valence-electron chi connectivity index (χ2n) is 3.35. The molecule has 0 aromatic heterocycles. The van der Waals surface area contributed by atoms with Crippen LogP contribution in [-0.2, 0) is 14.6 Å². The maximum atomic E-state index is 11.7. The second kappa shape index (κ2) is 5.67. The molecule has 0 atom stereocenters. The Kier molecular flexibility index (Phi) is 4.51. The fourth-order valence-corrected chi connectivity index (χ4v) is 2.47. The van der Waals surface area contributed by atoms with Crippen molar-refractivity contribution in [2.75, 3.05) is 12.4 Å². The van der Waals surface area contributed by atoms with E-state index in [2.05, 4.69) is 0 Å². The molecule has 0 aliphatic carbocycles. The van der Waals surface area contributed by atoms with E-state index in [1.807, 2.05) is 6.92 Å². The average molecular weight is 257 g/mol. The van der Waals surface area contributed by atoms with Crippen LogP contribution in [0.2, 0.25) is 0 Å². The molecule has 0 radical (unpaired) electrons. The predicted octanol–water partition coefficient (Wildman–Crippen LogP) is -0.00100. The number of hydrogen-bond donors (Lipinski definition) is 0. The quantitative estimate of drug-likeness (QED) is 0.716. The van der Waals surface area contributed by atoms with E-state index in [0.29, 0.717) is 12.4 Å². The van der Waals surface area contributed by atoms with E-state index in [4.69, 9.17) is 4.74 Å². The van der Waals surface area contributed by atoms with E-state index in [-0.39, 0.29) is 4.90 Å². The van der Waals surface area contributed by atoms with Gasteiger partial charge in [-0.1, -0.05) is 0 Å². The van der Waals surface area contributed by atoms with Crippen LogP contribution in [-0.4, -0.2) is 26.7 Å². The summed E-state index contributed by atoms with van der Waals surface area (Å²) in [5.74, 6) is -1.26. The number of carboxylic acids is 1. The molecule has 6 heteroatoms. The third kappa shape index (κ3) is 4.07. The molecule has 0 saturated heterocycles. The molecular weight excluding hydrogens is 244 g/mol. The first-order valence-electron chi connectivity index (χ1n) is 5.11. The van der Waals surface area contributed by atoms with Gasteiger partial charge in [0.2, 0.25) is 0 Å². The molecule has 1 aromatic carbocycles. The lowest BCUT2D eigenvalue weighted by Crippen LogP contribution is -2.25. The van der Waals surface area contributed by atoms with Crippen LogP contribution in [0.25, 0.3) is 0 Å². The molecule has 94 valence electrons. The van der Waals surface area contributed by atoms with Crippen molar-refractivity contribution in [1.82, 2.24) is 0 Å². The Balaban J connectivity index is 2.81. The Morgan fingerprint density at radius 3 is 2.35 bits per heavy atom. The lowest BCUT2D eigenvalue weighted by atomic mass is 10.3. The summed E-state index contributed by atoms with van der Waals surface area (Å²) in [6.07, 6.45) is -0.504. The van der Waals surface area contributed by atoms with Gasteiger partial charge in [-0.15, -0.1) is 0 Å². The van der Waals surface area contributed by atoms with Gasteiger partial charge in [0.05, 0.1) is 17.3 Å². The number of ether oxygens (including phenoxy) is 1. The molecule has 0 aliphatic heterocycles. The molecule has 5 nitrogen and oxygen atoms in total. The summed E-state index contributed by atoms with van der Waals surface area (Å²) in [6, 6.07) is 5.87. The molecule has 0 bridgehead atoms. The molecular formula is C11H13O5S-. The zero-order valence-corrected chi connectivity index (χ0v) is 10.2. The van der Waals surface area contributed by atoms with Crippen LogP contribution >= 0.6 is 0 Å². The number of hydrogen-bond acceptors (Lipinski definition) is 5. The van der Waals surface area contributed by atoms with Gasteiger partial charge in [-0.05, 0) is 31.2 Å². The number of carboxylic acid groups (broad SMARTS) is 1. The monoisotopic (exact) mass is 257 g/mol. The standard InChI is InChI=1S/C11H14O5S/c1-2-16-9-3-5-10(6-4-9)17(14,15)8-7-11(12)13/h3-6H,2,7-8H2,1H3,(H,12,13)/p-1. The highest BCUT2D eigenvalue weighted by Crippen LogP contribution is 2.17. The summed E-state index contributed by atoms with van der Waals surface area (Å²) >= 11 is 0. The molecule has 0 aliphatic rings. The second-order valence-corrected chi connectivity index (χ2v) is 5.45. The molecule has 0 unspecified atom stereocenters. The Hall–Kier alpha value is -1.56. The number of benzene rings is 1. The van der Waals surface area contributed by atoms with E-state index in [0.717, 1.165) is 0 Å². The number of rotatable bonds is 6. The van der Waals surface area contributed by atoms with Crippen molar-refractivity contribution >= 4 is 15.8 Å². The summed E-state index contributed by atoms with van der Waals surface area (Å²) < 4.78 is 28.5. The van der Waals surface area contributed by atoms with Gasteiger partial charge in [-0.25, -0.2) is 8.42 Å². The van der Waals surface area contributed by atoms with E-state index >= 15 is 0 Å². The first-order chi connectivity index (χ1) is 7.95. The van der Waals surface area contributed by atoms with Gasteiger partial charge in [0.1, 0.15) is 5.75 Å². The molecule has 1 aromatic rings. The lowest BCUT2D eigenvalue weighted by Gasteiger charge is -2.06. The lowest BCUT2D eigenvalue weighted by molar-refractivity contribution is -0.305. The minimum absolute atomic E-state index is 0.0854. The molecule has 0 fully saturated rings. The molecule has 1 rings (SSSR count). The van der Waals surface area contributed by atoms with Gasteiger partial charge in [-0.3, -0.25) is 0 Å². The topological polar surface area (TPSA) is 83.5 Å². The summed E-state index contributed by atoms with van der Waals surface area (Å²) in [5, 5.41) is 10.2. The maximum absolute atomic E-state index is 11.7. The van der Waals surface area contributed by atoms with E-state index in [1.165, 1.54) is 24.3 Å². The van der Waals surface area contributed by atoms with E-state index in [1.54, 1.807) is 0 Å². The number of aliphatic carboxylic acids is 1. The molecule has 0 heterocycles. The van der Waals surface area contributed by atoms with Crippen LogP contribution in [0.15, 0.2) is 29.2 Å². The van der Waals surface area contributed by atoms with Crippen molar-refractivity contribution in [3.8, 4) is 5.75 Å². The smallest absolute Gasteiger partial charge is 0.178 e. The molecule has 0 amide bonds. The number of sulfone groups is 1. The average Bonchev–Trinajstić information content (AvgIpc) is 2.28. The van der Waals surface area contributed by atoms with Crippen molar-refractivity contribution in [3.63, 3.8) is 0 Å². The Morgan fingerprint density at radius 1 is 1.29 bits per heavy atom. The highest BCUT2D eigenvalue weighted by atomic mass is 32.2. The first kappa shape index (κ1) is 13.5. The van der Waals surface area contributed by atoms with E-state index in [9.17, 15) is 18.3 Å². The minimum Gasteiger partial charge on any atom is -0.550 e. The maximum Gasteiger partial charge on any atom is 0.178 e. The first-order valence-corrected chi connectivity index (χ1v) is 6.76. The van der Waals surface area contributed by atoms with Gasteiger partial charge in [0.15, 0.2) is 9.84 Å². The normalized spacial score (nSPS) is 11.1. The number of carbonyl (C=O) groups excluding carboxylic acids is 1. The Morgan fingerprint density at radius 2 is 1.88 bits per heavy atom. The van der Waals surface area contributed by atoms with E-state index < -0.39 is 28.0 Å². The fourth-order valence-electron chi connectivity index (χ4n) is 1.25. The molecule has 0 saturated carbocycles. The van der Waals surface area contributed by atoms with Crippen molar-refractivity contribution < 1.29 is 23.1 Å². The molecule has 0 N–H and O–H groups in total. The molecule has 0 spiro atoms. The van der Waals surface area contributed by atoms with Gasteiger partial charge in [0.25, 0.3) is 0 Å². The molecule has 17 heavy (non-hydrogen) atoms. The third-order valence-electron chi connectivity index (χ3n) is 2.07. The predicted molar refractivity (Wildman–Crippen MR) is 59.3 cm³/mol. The third-order valence-corrected chi connectivity index (χ3v) is 3.80. The zero-order valence-electron chi connectivity index (χ0n) is 9.38. The van der Waals surface area contributed by atoms with Gasteiger partial charge >= 0.3 is 0 Å². The van der Waals surface area contributed by atoms with Crippen molar-refractivity contribution in [2.45, 2.75) is 18.2 Å². The Labute approximate surface area is 100.0 Å². The van der Waals surface area contributed by atoms with Crippen LogP contribution in [0, 0.1) is 0 Å². The van der Waals surface area contributed by atoms with Crippen LogP contribution < -0.4 is 9.84 Å². The summed E-state index contributed by atoms with van der Waals surface area (Å²) in [4.78, 5) is 10.3. The minimum atomic E-state index is -3.56. The van der Waals surface area contributed by atoms with Crippen molar-refractivity contribution in [3.05, 3.63) is 24.3 Å². The van der Waals surface area contributed by atoms with Gasteiger partial charge in [0, 0.05) is 12.4 Å². The van der Waals surface area contributed by atoms with Gasteiger partial charge in [-0.2, -0.15) is 0 Å². The van der Waals surface area contributed by atoms with Crippen molar-refractivity contribution in [1.29, 1.82) is 0 Å². The summed E-state index contributed by atoms with van der Waals surface area (Å²) in [7, 11) is -3.56. The van der Waals surface area contributed by atoms with Crippen LogP contribution in [0.3, 0.4) is 0 Å². The van der Waals surface area contributed by atoms with Crippen LogP contribution in [0.4, 0.5) is 0 Å². The largest absolute Gasteiger partial charge is 0.550 e. The van der Waals surface area contributed by atoms with Crippen LogP contribution in [0.1, 0.15) is 13.3 Å². The highest BCUT2D eigenvalue weighted by Gasteiger charge is 2.14. The fraction of sp³-hybridized carbons (Fsp3) is 0.364. The van der Waals surface area contributed by atoms with Gasteiger partial charge < -0.3 is 14.6 Å². The van der Waals surface area contributed by atoms with Crippen molar-refractivity contribution in [2.24, 2.45) is 0 Å². The SMILES string of the molecule is CCOc1ccc(S(=O)(=O)CCC(=O)[O-])cc1. The summed E-state index contributed by atoms with van der Waals surface area (Å²) in [5.41, 5.74) is 0. The number of carbonyl (C=O) groups is 1. The highest BCUT2D eigenvalue weighted by molar-refractivity contribution is 7.91.